The standard InChI is InChI=1S/C13H16F2N2O2/c1-8-4-5-17(7-12(8)18)13(19)16-9-2-3-10(14)11(15)6-9/h2-3,6,8,12,18H,4-5,7H2,1H3,(H,16,19). The SMILES string of the molecule is CC1CCN(C(=O)Nc2ccc(F)c(F)c2)CC1O. The number of hydrogen-bond acceptors (Lipinski definition) is 2. The average Bonchev–Trinajstić information content (AvgIpc) is 2.37. The summed E-state index contributed by atoms with van der Waals surface area (Å²) >= 11 is 0. The summed E-state index contributed by atoms with van der Waals surface area (Å²) in [5.74, 6) is -1.81. The van der Waals surface area contributed by atoms with E-state index in [4.69, 9.17) is 0 Å². The number of piperidine rings is 1. The molecule has 19 heavy (non-hydrogen) atoms. The van der Waals surface area contributed by atoms with Crippen LogP contribution in [-0.4, -0.2) is 35.2 Å². The van der Waals surface area contributed by atoms with E-state index in [1.165, 1.54) is 11.0 Å². The number of rotatable bonds is 1. The van der Waals surface area contributed by atoms with Gasteiger partial charge in [-0.05, 0) is 24.5 Å². The van der Waals surface area contributed by atoms with Crippen LogP contribution in [0.4, 0.5) is 19.3 Å². The number of likely N-dealkylation sites (tertiary alicyclic amines) is 1. The van der Waals surface area contributed by atoms with Gasteiger partial charge in [-0.25, -0.2) is 13.6 Å². The maximum atomic E-state index is 13.0. The molecule has 1 aromatic carbocycles. The second-order valence-corrected chi connectivity index (χ2v) is 4.84. The first-order chi connectivity index (χ1) is 8.97. The molecular formula is C13H16F2N2O2. The minimum absolute atomic E-state index is 0.160. The minimum Gasteiger partial charge on any atom is -0.391 e. The van der Waals surface area contributed by atoms with Gasteiger partial charge in [0.15, 0.2) is 11.6 Å². The van der Waals surface area contributed by atoms with E-state index in [9.17, 15) is 18.7 Å². The Labute approximate surface area is 110 Å². The fourth-order valence-electron chi connectivity index (χ4n) is 2.01. The predicted molar refractivity (Wildman–Crippen MR) is 66.7 cm³/mol. The Morgan fingerprint density at radius 2 is 2.16 bits per heavy atom. The Morgan fingerprint density at radius 1 is 1.42 bits per heavy atom. The monoisotopic (exact) mass is 270 g/mol. The molecule has 2 N–H and O–H groups in total. The molecule has 0 aromatic heterocycles. The number of nitrogens with one attached hydrogen (secondary N) is 1. The van der Waals surface area contributed by atoms with Crippen molar-refractivity contribution in [2.75, 3.05) is 18.4 Å². The Balaban J connectivity index is 1.99. The first kappa shape index (κ1) is 13.7. The molecule has 0 spiro atoms. The van der Waals surface area contributed by atoms with Crippen molar-refractivity contribution in [3.63, 3.8) is 0 Å². The molecule has 104 valence electrons. The van der Waals surface area contributed by atoms with Crippen molar-refractivity contribution in [2.45, 2.75) is 19.4 Å². The summed E-state index contributed by atoms with van der Waals surface area (Å²) < 4.78 is 25.8. The van der Waals surface area contributed by atoms with Crippen molar-refractivity contribution in [1.82, 2.24) is 4.90 Å². The van der Waals surface area contributed by atoms with Crippen LogP contribution in [-0.2, 0) is 0 Å². The van der Waals surface area contributed by atoms with Crippen LogP contribution in [0.15, 0.2) is 18.2 Å². The van der Waals surface area contributed by atoms with Crippen LogP contribution in [0.3, 0.4) is 0 Å². The molecular weight excluding hydrogens is 254 g/mol. The van der Waals surface area contributed by atoms with Crippen molar-refractivity contribution >= 4 is 11.7 Å². The quantitative estimate of drug-likeness (QED) is 0.822. The van der Waals surface area contributed by atoms with E-state index in [1.807, 2.05) is 6.92 Å². The molecule has 1 heterocycles. The Bertz CT molecular complexity index is 482. The summed E-state index contributed by atoms with van der Waals surface area (Å²) in [6.45, 7) is 2.71. The minimum atomic E-state index is -1.01. The number of anilines is 1. The highest BCUT2D eigenvalue weighted by atomic mass is 19.2. The number of aliphatic hydroxyl groups excluding tert-OH is 1. The third kappa shape index (κ3) is 3.20. The number of halogens is 2. The van der Waals surface area contributed by atoms with Crippen LogP contribution in [0.2, 0.25) is 0 Å². The van der Waals surface area contributed by atoms with Crippen molar-refractivity contribution < 1.29 is 18.7 Å². The van der Waals surface area contributed by atoms with Gasteiger partial charge in [0.2, 0.25) is 0 Å². The summed E-state index contributed by atoms with van der Waals surface area (Å²) in [6.07, 6.45) is 0.163. The molecule has 1 aliphatic heterocycles. The van der Waals surface area contributed by atoms with Gasteiger partial charge in [0, 0.05) is 24.8 Å². The first-order valence-electron chi connectivity index (χ1n) is 6.16. The molecule has 1 saturated heterocycles. The van der Waals surface area contributed by atoms with Gasteiger partial charge in [0.25, 0.3) is 0 Å². The van der Waals surface area contributed by atoms with Gasteiger partial charge in [0.1, 0.15) is 0 Å². The van der Waals surface area contributed by atoms with Crippen LogP contribution >= 0.6 is 0 Å². The molecule has 0 radical (unpaired) electrons. The van der Waals surface area contributed by atoms with Gasteiger partial charge in [-0.15, -0.1) is 0 Å². The fraction of sp³-hybridized carbons (Fsp3) is 0.462. The normalized spacial score (nSPS) is 23.3. The van der Waals surface area contributed by atoms with Crippen LogP contribution in [0, 0.1) is 17.6 Å². The molecule has 0 bridgehead atoms. The molecule has 2 unspecified atom stereocenters. The van der Waals surface area contributed by atoms with Crippen LogP contribution in [0.1, 0.15) is 13.3 Å². The lowest BCUT2D eigenvalue weighted by Crippen LogP contribution is -2.47. The molecule has 1 fully saturated rings. The van der Waals surface area contributed by atoms with Crippen molar-refractivity contribution in [3.8, 4) is 0 Å². The molecule has 4 nitrogen and oxygen atoms in total. The van der Waals surface area contributed by atoms with E-state index >= 15 is 0 Å². The molecule has 0 aliphatic carbocycles. The third-order valence-corrected chi connectivity index (χ3v) is 3.38. The molecule has 1 aromatic rings. The molecule has 6 heteroatoms. The fourth-order valence-corrected chi connectivity index (χ4v) is 2.01. The summed E-state index contributed by atoms with van der Waals surface area (Å²) in [5, 5.41) is 12.2. The number of β-amino-alcohol motifs (C(OH)–C–C–N with tert-alkyl or cyclic N) is 1. The van der Waals surface area contributed by atoms with Crippen LogP contribution in [0.5, 0.6) is 0 Å². The Kier molecular flexibility index (Phi) is 3.99. The zero-order chi connectivity index (χ0) is 14.0. The Morgan fingerprint density at radius 3 is 2.79 bits per heavy atom. The number of nitrogens with zero attached hydrogens (tertiary/aromatic N) is 1. The lowest BCUT2D eigenvalue weighted by Gasteiger charge is -2.34. The maximum Gasteiger partial charge on any atom is 0.321 e. The van der Waals surface area contributed by atoms with Crippen molar-refractivity contribution in [3.05, 3.63) is 29.8 Å². The summed E-state index contributed by atoms with van der Waals surface area (Å²) in [4.78, 5) is 13.4. The molecule has 2 atom stereocenters. The molecule has 0 saturated carbocycles. The summed E-state index contributed by atoms with van der Waals surface area (Å²) in [5.41, 5.74) is 0.192. The van der Waals surface area contributed by atoms with Crippen LogP contribution in [0.25, 0.3) is 0 Å². The van der Waals surface area contributed by atoms with E-state index < -0.39 is 23.8 Å². The summed E-state index contributed by atoms with van der Waals surface area (Å²) in [7, 11) is 0. The zero-order valence-corrected chi connectivity index (χ0v) is 10.6. The number of carbonyl (C=O) groups is 1. The summed E-state index contributed by atoms with van der Waals surface area (Å²) in [6, 6.07) is 2.75. The number of carbonyl (C=O) groups excluding carboxylic acids is 1. The Hall–Kier alpha value is -1.69. The van der Waals surface area contributed by atoms with E-state index in [1.54, 1.807) is 0 Å². The number of amides is 2. The van der Waals surface area contributed by atoms with E-state index in [-0.39, 0.29) is 18.2 Å². The molecule has 2 amide bonds. The van der Waals surface area contributed by atoms with E-state index in [0.717, 1.165) is 12.1 Å². The second-order valence-electron chi connectivity index (χ2n) is 4.84. The number of urea groups is 1. The smallest absolute Gasteiger partial charge is 0.321 e. The van der Waals surface area contributed by atoms with Gasteiger partial charge >= 0.3 is 6.03 Å². The van der Waals surface area contributed by atoms with Gasteiger partial charge < -0.3 is 15.3 Å². The lowest BCUT2D eigenvalue weighted by molar-refractivity contribution is 0.0464. The second kappa shape index (κ2) is 5.52. The third-order valence-electron chi connectivity index (χ3n) is 3.38. The number of benzene rings is 1. The maximum absolute atomic E-state index is 13.0. The average molecular weight is 270 g/mol. The van der Waals surface area contributed by atoms with Gasteiger partial charge in [-0.2, -0.15) is 0 Å². The first-order valence-corrected chi connectivity index (χ1v) is 6.16. The van der Waals surface area contributed by atoms with E-state index in [2.05, 4.69) is 5.32 Å². The number of hydrogen-bond donors (Lipinski definition) is 2. The van der Waals surface area contributed by atoms with Gasteiger partial charge in [-0.1, -0.05) is 6.92 Å². The predicted octanol–water partition coefficient (Wildman–Crippen LogP) is 2.20. The van der Waals surface area contributed by atoms with Crippen molar-refractivity contribution in [1.29, 1.82) is 0 Å². The highest BCUT2D eigenvalue weighted by Gasteiger charge is 2.27. The highest BCUT2D eigenvalue weighted by Crippen LogP contribution is 2.19. The topological polar surface area (TPSA) is 52.6 Å². The largest absolute Gasteiger partial charge is 0.391 e. The van der Waals surface area contributed by atoms with Crippen LogP contribution < -0.4 is 5.32 Å². The van der Waals surface area contributed by atoms with E-state index in [0.29, 0.717) is 13.0 Å². The zero-order valence-electron chi connectivity index (χ0n) is 10.6. The lowest BCUT2D eigenvalue weighted by atomic mass is 9.96. The van der Waals surface area contributed by atoms with Crippen molar-refractivity contribution in [2.24, 2.45) is 5.92 Å². The number of aliphatic hydroxyl groups is 1. The molecule has 1 aliphatic rings. The van der Waals surface area contributed by atoms with Gasteiger partial charge in [0.05, 0.1) is 6.10 Å². The van der Waals surface area contributed by atoms with Gasteiger partial charge in [-0.3, -0.25) is 0 Å². The molecule has 2 rings (SSSR count). The highest BCUT2D eigenvalue weighted by molar-refractivity contribution is 5.89.